The highest BCUT2D eigenvalue weighted by molar-refractivity contribution is 7.47. The lowest BCUT2D eigenvalue weighted by Gasteiger charge is -2.24. The third-order valence-electron chi connectivity index (χ3n) is 5.97. The van der Waals surface area contributed by atoms with Crippen molar-refractivity contribution in [2.24, 2.45) is 0 Å². The molecule has 8 nitrogen and oxygen atoms in total. The van der Waals surface area contributed by atoms with Crippen LogP contribution < -0.4 is 0 Å². The maximum Gasteiger partial charge on any atom is 0.472 e. The van der Waals surface area contributed by atoms with Gasteiger partial charge >= 0.3 is 13.8 Å². The summed E-state index contributed by atoms with van der Waals surface area (Å²) in [6, 6.07) is 0. The largest absolute Gasteiger partial charge is 0.498 e. The van der Waals surface area contributed by atoms with Crippen LogP contribution >= 0.6 is 7.82 Å². The molecule has 0 amide bonds. The van der Waals surface area contributed by atoms with E-state index in [1.165, 1.54) is 90.4 Å². The number of ether oxygens (including phenoxy) is 2. The second-order valence-corrected chi connectivity index (χ2v) is 12.4. The summed E-state index contributed by atoms with van der Waals surface area (Å²) in [6.45, 7) is 3.91. The number of likely N-dealkylation sites (N-methyl/N-ethyl adjacent to an activating group) is 1. The number of rotatable bonds is 26. The van der Waals surface area contributed by atoms with Gasteiger partial charge in [-0.15, -0.1) is 0 Å². The quantitative estimate of drug-likeness (QED) is 0.0402. The van der Waals surface area contributed by atoms with Gasteiger partial charge in [-0.3, -0.25) is 13.8 Å². The number of allylic oxidation sites excluding steroid dienone is 1. The van der Waals surface area contributed by atoms with Crippen molar-refractivity contribution in [3.8, 4) is 0 Å². The molecule has 0 aliphatic heterocycles. The van der Waals surface area contributed by atoms with Crippen molar-refractivity contribution in [2.45, 2.75) is 116 Å². The molecule has 0 aliphatic rings. The Hall–Kier alpha value is -0.920. The van der Waals surface area contributed by atoms with Gasteiger partial charge in [0.15, 0.2) is 6.10 Å². The van der Waals surface area contributed by atoms with E-state index >= 15 is 0 Å². The van der Waals surface area contributed by atoms with Crippen LogP contribution in [0.1, 0.15) is 110 Å². The summed E-state index contributed by atoms with van der Waals surface area (Å²) in [5, 5.41) is 0. The Morgan fingerprint density at radius 3 is 1.84 bits per heavy atom. The number of hydrogen-bond donors (Lipinski definition) is 1. The zero-order valence-electron chi connectivity index (χ0n) is 24.5. The molecule has 0 aromatic carbocycles. The van der Waals surface area contributed by atoms with Crippen LogP contribution in [0.5, 0.6) is 0 Å². The highest BCUT2D eigenvalue weighted by Crippen LogP contribution is 2.43. The first-order chi connectivity index (χ1) is 17.6. The predicted octanol–water partition coefficient (Wildman–Crippen LogP) is 7.16. The highest BCUT2D eigenvalue weighted by Gasteiger charge is 2.25. The molecule has 0 saturated heterocycles. The molecular formula is C28H57NO7P+. The molecule has 0 aromatic heterocycles. The smallest absolute Gasteiger partial charge is 0.472 e. The molecule has 1 unspecified atom stereocenters. The monoisotopic (exact) mass is 550 g/mol. The number of quaternary nitrogens is 1. The average Bonchev–Trinajstić information content (AvgIpc) is 2.80. The lowest BCUT2D eigenvalue weighted by atomic mass is 10.0. The number of carbonyl (C=O) groups excluding carboxylic acids is 1. The molecular weight excluding hydrogens is 493 g/mol. The van der Waals surface area contributed by atoms with Crippen molar-refractivity contribution in [1.29, 1.82) is 0 Å². The van der Waals surface area contributed by atoms with Gasteiger partial charge in [0.2, 0.25) is 0 Å². The molecule has 0 radical (unpaired) electrons. The molecule has 0 aromatic rings. The standard InChI is InChI=1S/C28H56NO7P/c1-6-7-8-9-10-11-12-13-14-15-16-17-18-19-20-21-23-33-25-28(36-27(2)30)26-35-37(31,32)34-24-22-29(3,4)5/h21,23,28H,6-20,22,24-26H2,1-5H3/p+1/t28-/m1/s1. The summed E-state index contributed by atoms with van der Waals surface area (Å²) >= 11 is 0. The Bertz CT molecular complexity index is 622. The normalized spacial score (nSPS) is 14.5. The van der Waals surface area contributed by atoms with Crippen molar-refractivity contribution in [1.82, 2.24) is 0 Å². The lowest BCUT2D eigenvalue weighted by Crippen LogP contribution is -2.37. The summed E-state index contributed by atoms with van der Waals surface area (Å²) in [4.78, 5) is 21.2. The number of esters is 1. The van der Waals surface area contributed by atoms with Crippen LogP contribution in [0.15, 0.2) is 12.3 Å². The number of unbranched alkanes of at least 4 members (excludes halogenated alkanes) is 14. The fourth-order valence-corrected chi connectivity index (χ4v) is 4.49. The minimum Gasteiger partial charge on any atom is -0.498 e. The van der Waals surface area contributed by atoms with Gasteiger partial charge in [0.05, 0.1) is 34.0 Å². The summed E-state index contributed by atoms with van der Waals surface area (Å²) in [6.07, 6.45) is 22.4. The number of hydrogen-bond acceptors (Lipinski definition) is 6. The summed E-state index contributed by atoms with van der Waals surface area (Å²) in [5.41, 5.74) is 0. The predicted molar refractivity (Wildman–Crippen MR) is 150 cm³/mol. The van der Waals surface area contributed by atoms with Crippen LogP contribution in [0, 0.1) is 0 Å². The van der Waals surface area contributed by atoms with E-state index in [-0.39, 0.29) is 19.8 Å². The molecule has 0 rings (SSSR count). The summed E-state index contributed by atoms with van der Waals surface area (Å²) in [5.74, 6) is -0.512. The number of carbonyl (C=O) groups is 1. The molecule has 9 heteroatoms. The second-order valence-electron chi connectivity index (χ2n) is 10.9. The van der Waals surface area contributed by atoms with Gasteiger partial charge in [0.1, 0.15) is 19.8 Å². The van der Waals surface area contributed by atoms with Crippen LogP contribution in [0.25, 0.3) is 0 Å². The Labute approximate surface area is 227 Å². The van der Waals surface area contributed by atoms with E-state index in [1.807, 2.05) is 27.2 Å². The molecule has 37 heavy (non-hydrogen) atoms. The van der Waals surface area contributed by atoms with Gasteiger partial charge in [0.25, 0.3) is 0 Å². The maximum atomic E-state index is 12.0. The molecule has 0 bridgehead atoms. The van der Waals surface area contributed by atoms with Crippen molar-refractivity contribution < 1.29 is 37.3 Å². The third-order valence-corrected chi connectivity index (χ3v) is 6.96. The van der Waals surface area contributed by atoms with Gasteiger partial charge in [-0.2, -0.15) is 0 Å². The van der Waals surface area contributed by atoms with Crippen LogP contribution in [-0.4, -0.2) is 69.0 Å². The van der Waals surface area contributed by atoms with Gasteiger partial charge in [-0.25, -0.2) is 4.57 Å². The minimum absolute atomic E-state index is 0.0354. The fourth-order valence-electron chi connectivity index (χ4n) is 3.75. The Morgan fingerprint density at radius 1 is 0.838 bits per heavy atom. The van der Waals surface area contributed by atoms with Crippen LogP contribution in [0.4, 0.5) is 0 Å². The van der Waals surface area contributed by atoms with Crippen molar-refractivity contribution in [3.05, 3.63) is 12.3 Å². The topological polar surface area (TPSA) is 91.3 Å². The first-order valence-electron chi connectivity index (χ1n) is 14.4. The van der Waals surface area contributed by atoms with E-state index in [2.05, 4.69) is 6.92 Å². The minimum atomic E-state index is -4.23. The lowest BCUT2D eigenvalue weighted by molar-refractivity contribution is -0.870. The summed E-state index contributed by atoms with van der Waals surface area (Å²) < 4.78 is 33.2. The van der Waals surface area contributed by atoms with Crippen LogP contribution in [0.3, 0.4) is 0 Å². The zero-order valence-corrected chi connectivity index (χ0v) is 25.4. The average molecular weight is 551 g/mol. The maximum absolute atomic E-state index is 12.0. The van der Waals surface area contributed by atoms with Crippen molar-refractivity contribution in [3.63, 3.8) is 0 Å². The molecule has 0 spiro atoms. The molecule has 2 atom stereocenters. The molecule has 0 heterocycles. The Kier molecular flexibility index (Phi) is 22.4. The van der Waals surface area contributed by atoms with E-state index in [0.29, 0.717) is 11.0 Å². The number of phosphoric acid groups is 1. The van der Waals surface area contributed by atoms with E-state index in [9.17, 15) is 14.3 Å². The van der Waals surface area contributed by atoms with Gasteiger partial charge in [-0.1, -0.05) is 90.4 Å². The third kappa shape index (κ3) is 27.9. The molecule has 220 valence electrons. The second kappa shape index (κ2) is 23.0. The van der Waals surface area contributed by atoms with E-state index in [1.54, 1.807) is 6.26 Å². The van der Waals surface area contributed by atoms with Gasteiger partial charge in [-0.05, 0) is 18.9 Å². The van der Waals surface area contributed by atoms with Crippen molar-refractivity contribution >= 4 is 13.8 Å². The zero-order chi connectivity index (χ0) is 27.8. The van der Waals surface area contributed by atoms with Crippen LogP contribution in [-0.2, 0) is 27.9 Å². The van der Waals surface area contributed by atoms with Crippen LogP contribution in [0.2, 0.25) is 0 Å². The fraction of sp³-hybridized carbons (Fsp3) is 0.893. The van der Waals surface area contributed by atoms with E-state index < -0.39 is 19.9 Å². The number of phosphoric ester groups is 1. The van der Waals surface area contributed by atoms with Crippen molar-refractivity contribution in [2.75, 3.05) is 47.5 Å². The Morgan fingerprint density at radius 2 is 1.35 bits per heavy atom. The first kappa shape index (κ1) is 36.1. The van der Waals surface area contributed by atoms with E-state index in [0.717, 1.165) is 12.8 Å². The SMILES string of the molecule is CCCCCCCCCCCCCCCCC=COC[C@H](COP(=O)(O)OCC[N+](C)(C)C)OC(C)=O. The molecule has 0 aliphatic carbocycles. The Balaban J connectivity index is 3.81. The number of nitrogens with zero attached hydrogens (tertiary/aromatic N) is 1. The molecule has 0 saturated carbocycles. The highest BCUT2D eigenvalue weighted by atomic mass is 31.2. The molecule has 0 fully saturated rings. The first-order valence-corrected chi connectivity index (χ1v) is 15.9. The van der Waals surface area contributed by atoms with E-state index in [4.69, 9.17) is 18.5 Å². The summed E-state index contributed by atoms with van der Waals surface area (Å²) in [7, 11) is 1.63. The van der Waals surface area contributed by atoms with Gasteiger partial charge < -0.3 is 18.9 Å². The molecule has 1 N–H and O–H groups in total. The van der Waals surface area contributed by atoms with Gasteiger partial charge in [0, 0.05) is 6.92 Å².